The molecule has 12 heteroatoms. The number of halogens is 1. The van der Waals surface area contributed by atoms with Crippen molar-refractivity contribution in [3.8, 4) is 11.5 Å². The van der Waals surface area contributed by atoms with Gasteiger partial charge >= 0.3 is 5.97 Å². The molecule has 0 bridgehead atoms. The van der Waals surface area contributed by atoms with E-state index in [-0.39, 0.29) is 27.3 Å². The Morgan fingerprint density at radius 2 is 2.00 bits per heavy atom. The molecular weight excluding hydrogens is 481 g/mol. The number of nitrogens with one attached hydrogen (secondary N) is 1. The number of rotatable bonds is 7. The third-order valence-corrected chi connectivity index (χ3v) is 7.27. The van der Waals surface area contributed by atoms with Crippen LogP contribution in [0.5, 0.6) is 11.5 Å². The Bertz CT molecular complexity index is 1580. The number of benzene rings is 2. The van der Waals surface area contributed by atoms with Crippen molar-refractivity contribution in [1.29, 1.82) is 0 Å². The number of aromatic hydroxyl groups is 1. The molecule has 1 aromatic heterocycles. The Kier molecular flexibility index (Phi) is 5.47. The molecule has 0 unspecified atom stereocenters. The zero-order valence-electron chi connectivity index (χ0n) is 18.2. The van der Waals surface area contributed by atoms with Crippen LogP contribution >= 0.6 is 0 Å². The second kappa shape index (κ2) is 8.38. The van der Waals surface area contributed by atoms with Crippen LogP contribution in [0.1, 0.15) is 24.8 Å². The van der Waals surface area contributed by atoms with Crippen LogP contribution in [0.15, 0.2) is 50.5 Å². The number of sulfonamides is 1. The lowest BCUT2D eigenvalue weighted by molar-refractivity contribution is -0.139. The number of aryl methyl sites for hydroxylation is 1. The van der Waals surface area contributed by atoms with Gasteiger partial charge < -0.3 is 24.8 Å². The fourth-order valence-electron chi connectivity index (χ4n) is 4.05. The summed E-state index contributed by atoms with van der Waals surface area (Å²) in [5.41, 5.74) is -0.661. The Labute approximate surface area is 198 Å². The van der Waals surface area contributed by atoms with Crippen LogP contribution in [0.4, 0.5) is 10.1 Å². The number of hydrogen-bond donors (Lipinski definition) is 3. The highest BCUT2D eigenvalue weighted by Crippen LogP contribution is 2.36. The summed E-state index contributed by atoms with van der Waals surface area (Å²) >= 11 is 0. The van der Waals surface area contributed by atoms with Crippen molar-refractivity contribution in [1.82, 2.24) is 4.57 Å². The van der Waals surface area contributed by atoms with Gasteiger partial charge in [-0.1, -0.05) is 12.8 Å². The zero-order valence-corrected chi connectivity index (χ0v) is 19.0. The highest BCUT2D eigenvalue weighted by Gasteiger charge is 2.31. The summed E-state index contributed by atoms with van der Waals surface area (Å²) in [7, 11) is -4.36. The molecule has 1 saturated carbocycles. The molecule has 0 amide bonds. The van der Waals surface area contributed by atoms with E-state index in [2.05, 4.69) is 9.71 Å². The van der Waals surface area contributed by atoms with Crippen LogP contribution in [-0.2, 0) is 21.4 Å². The van der Waals surface area contributed by atoms with Crippen molar-refractivity contribution < 1.29 is 32.6 Å². The molecule has 0 spiro atoms. The number of carboxylic acid groups (broad SMARTS) is 1. The first kappa shape index (κ1) is 22.8. The molecule has 0 atom stereocenters. The number of carbonyl (C=O) groups is 1. The van der Waals surface area contributed by atoms with Crippen molar-refractivity contribution in [2.24, 2.45) is 10.3 Å². The Balaban J connectivity index is 1.63. The van der Waals surface area contributed by atoms with Crippen LogP contribution in [0.25, 0.3) is 10.9 Å². The first-order valence-corrected chi connectivity index (χ1v) is 12.2. The van der Waals surface area contributed by atoms with Crippen molar-refractivity contribution in [3.63, 3.8) is 0 Å². The van der Waals surface area contributed by atoms with Crippen molar-refractivity contribution in [2.75, 3.05) is 11.9 Å². The molecule has 0 saturated heterocycles. The SMILES string of the molecule is O=C(O)COc1ccc2c(c1)S(=O)(=O)N=C(c1c(O)c3cc(F)ccc3n(CCC3CC3)c1=O)N2. The van der Waals surface area contributed by atoms with E-state index in [1.54, 1.807) is 0 Å². The van der Waals surface area contributed by atoms with Gasteiger partial charge in [-0.15, -0.1) is 4.40 Å². The minimum Gasteiger partial charge on any atom is -0.506 e. The largest absolute Gasteiger partial charge is 0.506 e. The maximum atomic E-state index is 14.0. The quantitative estimate of drug-likeness (QED) is 0.448. The lowest BCUT2D eigenvalue weighted by atomic mass is 10.1. The van der Waals surface area contributed by atoms with Gasteiger partial charge in [-0.3, -0.25) is 4.79 Å². The fraction of sp³-hybridized carbons (Fsp3) is 0.261. The number of ether oxygens (including phenoxy) is 1. The van der Waals surface area contributed by atoms with Gasteiger partial charge in [0.25, 0.3) is 15.6 Å². The maximum absolute atomic E-state index is 14.0. The number of pyridine rings is 1. The molecule has 1 fully saturated rings. The van der Waals surface area contributed by atoms with Crippen LogP contribution in [0.3, 0.4) is 0 Å². The van der Waals surface area contributed by atoms with E-state index < -0.39 is 45.6 Å². The second-order valence-corrected chi connectivity index (χ2v) is 10.0. The van der Waals surface area contributed by atoms with E-state index in [4.69, 9.17) is 9.84 Å². The van der Waals surface area contributed by atoms with E-state index in [9.17, 15) is 27.5 Å². The standard InChI is InChI=1S/C23H20FN3O7S/c24-13-3-6-17-15(9-13)21(30)20(23(31)27(17)8-7-12-1-2-12)22-25-16-5-4-14(34-11-19(28)29)10-18(16)35(32,33)26-22/h3-6,9-10,12,30H,1-2,7-8,11H2,(H,25,26)(H,28,29). The third kappa shape index (κ3) is 4.32. The van der Waals surface area contributed by atoms with Gasteiger partial charge in [-0.05, 0) is 42.7 Å². The molecule has 2 heterocycles. The van der Waals surface area contributed by atoms with Gasteiger partial charge in [-0.2, -0.15) is 8.42 Å². The topological polar surface area (TPSA) is 147 Å². The second-order valence-electron chi connectivity index (χ2n) is 8.45. The van der Waals surface area contributed by atoms with Gasteiger partial charge in [0.15, 0.2) is 12.4 Å². The average molecular weight is 501 g/mol. The molecule has 182 valence electrons. The van der Waals surface area contributed by atoms with Gasteiger partial charge in [0.1, 0.15) is 27.8 Å². The van der Waals surface area contributed by atoms with Crippen LogP contribution < -0.4 is 15.6 Å². The Hall–Kier alpha value is -3.93. The van der Waals surface area contributed by atoms with Gasteiger partial charge in [0.05, 0.1) is 11.2 Å². The minimum absolute atomic E-state index is 0.00151. The van der Waals surface area contributed by atoms with Crippen LogP contribution in [0.2, 0.25) is 0 Å². The third-order valence-electron chi connectivity index (χ3n) is 5.95. The molecule has 5 rings (SSSR count). The van der Waals surface area contributed by atoms with Gasteiger partial charge in [0, 0.05) is 18.0 Å². The number of fused-ring (bicyclic) bond motifs is 2. The summed E-state index contributed by atoms with van der Waals surface area (Å²) in [5.74, 6) is -2.35. The highest BCUT2D eigenvalue weighted by molar-refractivity contribution is 7.90. The predicted octanol–water partition coefficient (Wildman–Crippen LogP) is 2.67. The minimum atomic E-state index is -4.36. The summed E-state index contributed by atoms with van der Waals surface area (Å²) in [4.78, 5) is 23.9. The lowest BCUT2D eigenvalue weighted by Gasteiger charge is -2.21. The molecule has 3 aromatic rings. The first-order chi connectivity index (χ1) is 16.6. The number of hydrogen-bond acceptors (Lipinski definition) is 7. The summed E-state index contributed by atoms with van der Waals surface area (Å²) in [6.45, 7) is -0.345. The molecule has 1 aliphatic carbocycles. The zero-order chi connectivity index (χ0) is 24.9. The smallest absolute Gasteiger partial charge is 0.341 e. The molecule has 3 N–H and O–H groups in total. The number of aliphatic carboxylic acids is 1. The maximum Gasteiger partial charge on any atom is 0.341 e. The summed E-state index contributed by atoms with van der Waals surface area (Å²) < 4.78 is 50.1. The monoisotopic (exact) mass is 501 g/mol. The average Bonchev–Trinajstić information content (AvgIpc) is 3.62. The Morgan fingerprint density at radius 3 is 2.71 bits per heavy atom. The van der Waals surface area contributed by atoms with E-state index in [0.717, 1.165) is 31.4 Å². The number of amidine groups is 1. The van der Waals surface area contributed by atoms with Crippen LogP contribution in [0, 0.1) is 11.7 Å². The summed E-state index contributed by atoms with van der Waals surface area (Å²) in [6, 6.07) is 7.49. The van der Waals surface area contributed by atoms with E-state index in [1.165, 1.54) is 28.8 Å². The van der Waals surface area contributed by atoms with Crippen LogP contribution in [-0.4, -0.2) is 41.6 Å². The van der Waals surface area contributed by atoms with Crippen molar-refractivity contribution >= 4 is 38.4 Å². The lowest BCUT2D eigenvalue weighted by Crippen LogP contribution is -2.33. The molecule has 1 aliphatic heterocycles. The Morgan fingerprint density at radius 1 is 1.23 bits per heavy atom. The van der Waals surface area contributed by atoms with Crippen molar-refractivity contribution in [3.05, 3.63) is 58.1 Å². The molecule has 2 aliphatic rings. The van der Waals surface area contributed by atoms with Gasteiger partial charge in [-0.25, -0.2) is 9.18 Å². The first-order valence-electron chi connectivity index (χ1n) is 10.8. The highest BCUT2D eigenvalue weighted by atomic mass is 32.2. The molecule has 2 aromatic carbocycles. The normalized spacial score (nSPS) is 16.3. The summed E-state index contributed by atoms with van der Waals surface area (Å²) in [6.07, 6.45) is 2.85. The predicted molar refractivity (Wildman–Crippen MR) is 124 cm³/mol. The molecular formula is C23H20FN3O7S. The number of carboxylic acids is 1. The number of aromatic nitrogens is 1. The van der Waals surface area contributed by atoms with E-state index >= 15 is 0 Å². The van der Waals surface area contributed by atoms with E-state index in [1.807, 2.05) is 0 Å². The number of anilines is 1. The fourth-order valence-corrected chi connectivity index (χ4v) is 5.19. The van der Waals surface area contributed by atoms with Gasteiger partial charge in [0.2, 0.25) is 0 Å². The molecule has 10 nitrogen and oxygen atoms in total. The van der Waals surface area contributed by atoms with E-state index in [0.29, 0.717) is 18.0 Å². The molecule has 35 heavy (non-hydrogen) atoms. The summed E-state index contributed by atoms with van der Waals surface area (Å²) in [5, 5.41) is 22.5. The number of nitrogens with zero attached hydrogens (tertiary/aromatic N) is 2. The van der Waals surface area contributed by atoms with Crippen molar-refractivity contribution in [2.45, 2.75) is 30.7 Å². The molecule has 0 radical (unpaired) electrons.